The van der Waals surface area contributed by atoms with Crippen molar-refractivity contribution in [2.24, 2.45) is 0 Å². The fourth-order valence-electron chi connectivity index (χ4n) is 0. The predicted octanol–water partition coefficient (Wildman–Crippen LogP) is -0.674. The maximum Gasteiger partial charge on any atom is 1.00 e. The van der Waals surface area contributed by atoms with E-state index in [-0.39, 0.29) is 27.6 Å². The summed E-state index contributed by atoms with van der Waals surface area (Å²) in [5.74, 6) is 0. The second-order valence-electron chi connectivity index (χ2n) is 0.100. The van der Waals surface area contributed by atoms with E-state index < -0.39 is 0 Å². The summed E-state index contributed by atoms with van der Waals surface area (Å²) in [7, 11) is 0. The first-order valence-electron chi connectivity index (χ1n) is 0.447. The van der Waals surface area contributed by atoms with E-state index in [4.69, 9.17) is 5.26 Å². The molecule has 0 aromatic heterocycles. The van der Waals surface area contributed by atoms with E-state index >= 15 is 0 Å². The first-order valence-corrected chi connectivity index (χ1v) is 0.894. The van der Waals surface area contributed by atoms with Crippen LogP contribution < -0.4 is 0 Å². The normalized spacial score (nSPS) is 2.00. The van der Waals surface area contributed by atoms with Crippen LogP contribution in [-0.4, -0.2) is 26.2 Å². The van der Waals surface area contributed by atoms with Crippen molar-refractivity contribution in [3.63, 3.8) is 0 Å². The smallest absolute Gasteiger partial charge is 1.00 e. The number of hydrogen-bond donors (Lipinski definition) is 1. The van der Waals surface area contributed by atoms with Crippen LogP contribution in [0.15, 0.2) is 0 Å². The molecule has 0 N–H and O–H groups in total. The molecule has 0 aliphatic rings. The molecule has 0 heterocycles. The van der Waals surface area contributed by atoms with Gasteiger partial charge in [-0.3, -0.25) is 0 Å². The number of hydrogen-bond acceptors (Lipinski definition) is 2. The number of nitrogens with zero attached hydrogens (tertiary/aromatic N) is 1. The Bertz CT molecular complexity index is 33.1. The monoisotopic (exact) mass is 272 g/mol. The third-order valence-electron chi connectivity index (χ3n) is 0. The Kier molecular flexibility index (Phi) is 20.5. The van der Waals surface area contributed by atoms with E-state index in [0.29, 0.717) is 0 Å². The molecule has 0 saturated carbocycles. The molecular weight excluding hydrogens is 267 g/mol. The van der Waals surface area contributed by atoms with Gasteiger partial charge in [0.2, 0.25) is 0 Å². The van der Waals surface area contributed by atoms with Crippen molar-refractivity contribution in [1.82, 2.24) is 0 Å². The van der Waals surface area contributed by atoms with Gasteiger partial charge in [-0.15, -0.1) is 0 Å². The maximum absolute atomic E-state index is 7.18. The van der Waals surface area contributed by atoms with Gasteiger partial charge in [0.05, 0.1) is 0 Å². The van der Waals surface area contributed by atoms with Crippen molar-refractivity contribution in [2.45, 2.75) is 0 Å². The van der Waals surface area contributed by atoms with Gasteiger partial charge in [-0.05, 0) is 0 Å². The van der Waals surface area contributed by atoms with Crippen molar-refractivity contribution in [3.8, 4) is 5.40 Å². The Morgan fingerprint density at radius 2 is 2.00 bits per heavy atom. The second kappa shape index (κ2) is 9.30. The van der Waals surface area contributed by atoms with Crippen LogP contribution in [0, 0.1) is 10.7 Å². The average molecular weight is 272 g/mol. The molecule has 0 saturated heterocycles. The topological polar surface area (TPSA) is 23.8 Å². The fourth-order valence-corrected chi connectivity index (χ4v) is 0. The zero-order valence-electron chi connectivity index (χ0n) is 3.10. The minimum atomic E-state index is 0. The van der Waals surface area contributed by atoms with Crippen LogP contribution in [0.4, 0.5) is 0 Å². The Labute approximate surface area is 51.0 Å². The number of thiol groups is 1. The molecule has 0 atom stereocenters. The third-order valence-corrected chi connectivity index (χ3v) is 0. The maximum atomic E-state index is 7.18. The van der Waals surface area contributed by atoms with Crippen LogP contribution in [0.5, 0.6) is 0 Å². The molecule has 0 spiro atoms. The Balaban J connectivity index is -0.0000000200. The zero-order chi connectivity index (χ0) is 2.71. The molecule has 0 unspecified atom stereocenters. The molecule has 0 bridgehead atoms. The van der Waals surface area contributed by atoms with Gasteiger partial charge < -0.3 is 0 Å². The van der Waals surface area contributed by atoms with Crippen LogP contribution in [0.25, 0.3) is 0 Å². The Morgan fingerprint density at radius 3 is 2.00 bits per heavy atom. The van der Waals surface area contributed by atoms with E-state index in [1.54, 1.807) is 0 Å². The quantitative estimate of drug-likeness (QED) is 0.353. The molecule has 0 amide bonds. The van der Waals surface area contributed by atoms with Crippen molar-refractivity contribution >= 4 is 38.8 Å². The van der Waals surface area contributed by atoms with Gasteiger partial charge in [-0.1, -0.05) is 12.6 Å². The van der Waals surface area contributed by atoms with Gasteiger partial charge in [0.25, 0.3) is 0 Å². The van der Waals surface area contributed by atoms with Gasteiger partial charge in [0.1, 0.15) is 5.40 Å². The van der Waals surface area contributed by atoms with E-state index in [0.717, 1.165) is 0 Å². The Morgan fingerprint density at radius 1 is 2.00 bits per heavy atom. The molecule has 3 heteroatoms. The predicted molar refractivity (Wildman–Crippen MR) is 25.6 cm³/mol. The summed E-state index contributed by atoms with van der Waals surface area (Å²) in [6.07, 6.45) is 0. The van der Waals surface area contributed by atoms with Gasteiger partial charge in [-0.25, -0.2) is 0 Å². The second-order valence-corrected chi connectivity index (χ2v) is 0.300. The summed E-state index contributed by atoms with van der Waals surface area (Å²) < 4.78 is 0. The summed E-state index contributed by atoms with van der Waals surface area (Å²) in [4.78, 5) is 0. The van der Waals surface area contributed by atoms with Crippen LogP contribution in [0.1, 0.15) is 1.43 Å². The first-order chi connectivity index (χ1) is 1.41. The van der Waals surface area contributed by atoms with E-state index in [9.17, 15) is 0 Å². The summed E-state index contributed by atoms with van der Waals surface area (Å²) in [6, 6.07) is 0. The van der Waals surface area contributed by atoms with Crippen LogP contribution >= 0.6 is 12.6 Å². The molecule has 4 heavy (non-hydrogen) atoms. The van der Waals surface area contributed by atoms with Crippen LogP contribution in [0.2, 0.25) is 0 Å². The first kappa shape index (κ1) is 8.83. The summed E-state index contributed by atoms with van der Waals surface area (Å²) in [5.41, 5.74) is 0. The van der Waals surface area contributed by atoms with Crippen molar-refractivity contribution in [2.75, 3.05) is 0 Å². The summed E-state index contributed by atoms with van der Waals surface area (Å²) in [5, 5.41) is 8.63. The van der Waals surface area contributed by atoms with E-state index in [2.05, 4.69) is 12.6 Å². The van der Waals surface area contributed by atoms with Gasteiger partial charge in [-0.2, -0.15) is 5.26 Å². The molecule has 0 aromatic rings. The molecule has 24 valence electrons. The van der Waals surface area contributed by atoms with Crippen LogP contribution in [0.3, 0.4) is 0 Å². The number of thiocyanates is 1. The van der Waals surface area contributed by atoms with Crippen molar-refractivity contribution in [3.05, 3.63) is 0 Å². The van der Waals surface area contributed by atoms with Crippen molar-refractivity contribution < 1.29 is 1.43 Å². The average Bonchev–Trinajstić information content (AvgIpc) is 0.918. The third kappa shape index (κ3) is 15.5. The molecule has 0 aliphatic heterocycles. The van der Waals surface area contributed by atoms with Crippen molar-refractivity contribution in [1.29, 1.82) is 5.26 Å². The van der Waals surface area contributed by atoms with Gasteiger partial charge in [0.15, 0.2) is 0 Å². The molecule has 0 radical (unpaired) electrons. The molecular formula is CH5BiNS+. The summed E-state index contributed by atoms with van der Waals surface area (Å²) >= 11 is 3.09. The molecule has 0 aromatic carbocycles. The number of rotatable bonds is 0. The van der Waals surface area contributed by atoms with Gasteiger partial charge in [0, 0.05) is 0 Å². The SMILES string of the molecule is N#CS.[BiH3].[H+]. The van der Waals surface area contributed by atoms with Crippen LogP contribution in [-0.2, 0) is 0 Å². The molecule has 0 rings (SSSR count). The molecule has 0 fully saturated rings. The summed E-state index contributed by atoms with van der Waals surface area (Å²) in [6.45, 7) is 0. The minimum absolute atomic E-state index is 0. The molecule has 0 aliphatic carbocycles. The fraction of sp³-hybridized carbons (Fsp3) is 0. The standard InChI is InChI=1S/CHNS.Bi.3H/c2-1-3;;;;/h3H;;;;/p+1. The zero-order valence-corrected chi connectivity index (χ0v) is 8.49. The Hall–Kier alpha value is 0.723. The van der Waals surface area contributed by atoms with E-state index in [1.807, 2.05) is 0 Å². The van der Waals surface area contributed by atoms with E-state index in [1.165, 1.54) is 5.40 Å². The minimum Gasteiger partial charge on any atom is 1.00 e. The largest absolute Gasteiger partial charge is 1.00 e. The van der Waals surface area contributed by atoms with Gasteiger partial charge >= 0.3 is 27.6 Å². The molecule has 1 nitrogen and oxygen atoms in total. The number of nitriles is 1.